The summed E-state index contributed by atoms with van der Waals surface area (Å²) < 4.78 is 0. The molecule has 0 spiro atoms. The van der Waals surface area contributed by atoms with Crippen molar-refractivity contribution in [3.05, 3.63) is 29.6 Å². The van der Waals surface area contributed by atoms with E-state index in [-0.39, 0.29) is 12.6 Å². The highest BCUT2D eigenvalue weighted by atomic mass is 16.3. The molecule has 1 aromatic rings. The topological polar surface area (TPSA) is 59.1 Å². The second-order valence-electron chi connectivity index (χ2n) is 3.52. The summed E-state index contributed by atoms with van der Waals surface area (Å²) in [5, 5.41) is 8.81. The number of hydrogen-bond donors (Lipinski definition) is 2. The molecule has 0 fully saturated rings. The number of rotatable bonds is 3. The van der Waals surface area contributed by atoms with Crippen LogP contribution in [0.3, 0.4) is 0 Å². The predicted octanol–water partition coefficient (Wildman–Crippen LogP) is 1.23. The standard InChI is InChI=1S/C10H16N2O/c1-7(2)10(11)9-4-3-8(6-13)5-12-9/h3-5,7,10,13H,6,11H2,1-2H3/t10-/m0/s1. The van der Waals surface area contributed by atoms with Crippen LogP contribution >= 0.6 is 0 Å². The van der Waals surface area contributed by atoms with Gasteiger partial charge in [0, 0.05) is 12.2 Å². The fourth-order valence-corrected chi connectivity index (χ4v) is 1.07. The van der Waals surface area contributed by atoms with Crippen molar-refractivity contribution in [1.29, 1.82) is 0 Å². The van der Waals surface area contributed by atoms with E-state index in [4.69, 9.17) is 10.8 Å². The van der Waals surface area contributed by atoms with E-state index in [0.717, 1.165) is 11.3 Å². The lowest BCUT2D eigenvalue weighted by molar-refractivity contribution is 0.281. The van der Waals surface area contributed by atoms with Crippen LogP contribution in [0, 0.1) is 5.92 Å². The number of hydrogen-bond acceptors (Lipinski definition) is 3. The number of aromatic nitrogens is 1. The van der Waals surface area contributed by atoms with Crippen molar-refractivity contribution in [2.24, 2.45) is 11.7 Å². The van der Waals surface area contributed by atoms with Crippen molar-refractivity contribution in [3.8, 4) is 0 Å². The molecule has 0 bridgehead atoms. The van der Waals surface area contributed by atoms with Crippen LogP contribution < -0.4 is 5.73 Å². The summed E-state index contributed by atoms with van der Waals surface area (Å²) in [7, 11) is 0. The molecule has 0 aliphatic rings. The van der Waals surface area contributed by atoms with Gasteiger partial charge in [0.05, 0.1) is 12.3 Å². The Morgan fingerprint density at radius 3 is 2.54 bits per heavy atom. The first-order valence-electron chi connectivity index (χ1n) is 4.46. The molecule has 0 saturated carbocycles. The van der Waals surface area contributed by atoms with Crippen LogP contribution in [0.2, 0.25) is 0 Å². The van der Waals surface area contributed by atoms with Gasteiger partial charge < -0.3 is 10.8 Å². The Morgan fingerprint density at radius 1 is 1.46 bits per heavy atom. The average molecular weight is 180 g/mol. The van der Waals surface area contributed by atoms with Crippen LogP contribution in [-0.4, -0.2) is 10.1 Å². The molecule has 3 heteroatoms. The lowest BCUT2D eigenvalue weighted by Gasteiger charge is -2.14. The molecule has 0 aromatic carbocycles. The van der Waals surface area contributed by atoms with Gasteiger partial charge in [-0.25, -0.2) is 0 Å². The van der Waals surface area contributed by atoms with Crippen molar-refractivity contribution in [2.45, 2.75) is 26.5 Å². The highest BCUT2D eigenvalue weighted by Crippen LogP contribution is 2.16. The van der Waals surface area contributed by atoms with Gasteiger partial charge in [0.15, 0.2) is 0 Å². The fraction of sp³-hybridized carbons (Fsp3) is 0.500. The van der Waals surface area contributed by atoms with Gasteiger partial charge in [-0.1, -0.05) is 19.9 Å². The molecule has 0 aliphatic heterocycles. The fourth-order valence-electron chi connectivity index (χ4n) is 1.07. The van der Waals surface area contributed by atoms with Gasteiger partial charge in [-0.05, 0) is 17.5 Å². The summed E-state index contributed by atoms with van der Waals surface area (Å²) in [6.45, 7) is 4.16. The van der Waals surface area contributed by atoms with Crippen molar-refractivity contribution in [1.82, 2.24) is 4.98 Å². The first kappa shape index (κ1) is 10.2. The number of nitrogens with two attached hydrogens (primary N) is 1. The Morgan fingerprint density at radius 2 is 2.15 bits per heavy atom. The van der Waals surface area contributed by atoms with E-state index in [1.165, 1.54) is 0 Å². The first-order valence-corrected chi connectivity index (χ1v) is 4.46. The maximum atomic E-state index is 8.81. The van der Waals surface area contributed by atoms with E-state index in [2.05, 4.69) is 18.8 Å². The Balaban J connectivity index is 2.79. The van der Waals surface area contributed by atoms with E-state index in [0.29, 0.717) is 5.92 Å². The largest absolute Gasteiger partial charge is 0.392 e. The molecule has 0 aliphatic carbocycles. The summed E-state index contributed by atoms with van der Waals surface area (Å²) in [6, 6.07) is 3.70. The third kappa shape index (κ3) is 2.50. The minimum absolute atomic E-state index is 0.0206. The zero-order chi connectivity index (χ0) is 9.84. The maximum absolute atomic E-state index is 8.81. The molecule has 13 heavy (non-hydrogen) atoms. The van der Waals surface area contributed by atoms with Gasteiger partial charge in [0.2, 0.25) is 0 Å². The van der Waals surface area contributed by atoms with Crippen LogP contribution in [0.5, 0.6) is 0 Å². The second kappa shape index (κ2) is 4.35. The smallest absolute Gasteiger partial charge is 0.0696 e. The number of aliphatic hydroxyl groups excluding tert-OH is 1. The van der Waals surface area contributed by atoms with E-state index in [9.17, 15) is 0 Å². The molecule has 0 saturated heterocycles. The predicted molar refractivity (Wildman–Crippen MR) is 51.9 cm³/mol. The van der Waals surface area contributed by atoms with Crippen LogP contribution in [-0.2, 0) is 6.61 Å². The molecule has 72 valence electrons. The second-order valence-corrected chi connectivity index (χ2v) is 3.52. The number of pyridine rings is 1. The Bertz CT molecular complexity index is 256. The average Bonchev–Trinajstić information content (AvgIpc) is 2.17. The van der Waals surface area contributed by atoms with Gasteiger partial charge in [-0.15, -0.1) is 0 Å². The van der Waals surface area contributed by atoms with Crippen LogP contribution in [0.4, 0.5) is 0 Å². The third-order valence-corrected chi connectivity index (χ3v) is 2.09. The number of nitrogens with zero attached hydrogens (tertiary/aromatic N) is 1. The summed E-state index contributed by atoms with van der Waals surface area (Å²) in [5.41, 5.74) is 7.61. The molecule has 3 N–H and O–H groups in total. The molecule has 1 aromatic heterocycles. The molecular weight excluding hydrogens is 164 g/mol. The van der Waals surface area contributed by atoms with E-state index in [1.807, 2.05) is 12.1 Å². The van der Waals surface area contributed by atoms with Gasteiger partial charge in [0.25, 0.3) is 0 Å². The summed E-state index contributed by atoms with van der Waals surface area (Å²) >= 11 is 0. The van der Waals surface area contributed by atoms with Crippen molar-refractivity contribution in [3.63, 3.8) is 0 Å². The van der Waals surface area contributed by atoms with E-state index >= 15 is 0 Å². The zero-order valence-corrected chi connectivity index (χ0v) is 8.07. The van der Waals surface area contributed by atoms with Crippen LogP contribution in [0.15, 0.2) is 18.3 Å². The van der Waals surface area contributed by atoms with Crippen LogP contribution in [0.25, 0.3) is 0 Å². The molecule has 0 amide bonds. The van der Waals surface area contributed by atoms with Gasteiger partial charge >= 0.3 is 0 Å². The van der Waals surface area contributed by atoms with Gasteiger partial charge in [-0.2, -0.15) is 0 Å². The summed E-state index contributed by atoms with van der Waals surface area (Å²) in [6.07, 6.45) is 1.66. The normalized spacial score (nSPS) is 13.3. The Labute approximate surface area is 78.6 Å². The summed E-state index contributed by atoms with van der Waals surface area (Å²) in [5.74, 6) is 0.382. The highest BCUT2D eigenvalue weighted by molar-refractivity contribution is 5.15. The Kier molecular flexibility index (Phi) is 3.39. The molecule has 3 nitrogen and oxygen atoms in total. The quantitative estimate of drug-likeness (QED) is 0.735. The lowest BCUT2D eigenvalue weighted by Crippen LogP contribution is -2.17. The molecule has 0 unspecified atom stereocenters. The number of aliphatic hydroxyl groups is 1. The molecule has 1 heterocycles. The van der Waals surface area contributed by atoms with E-state index < -0.39 is 0 Å². The SMILES string of the molecule is CC(C)[C@H](N)c1ccc(CO)cn1. The van der Waals surface area contributed by atoms with Crippen LogP contribution in [0.1, 0.15) is 31.1 Å². The molecular formula is C10H16N2O. The highest BCUT2D eigenvalue weighted by Gasteiger charge is 2.10. The Hall–Kier alpha value is -0.930. The zero-order valence-electron chi connectivity index (χ0n) is 8.07. The van der Waals surface area contributed by atoms with Gasteiger partial charge in [0.1, 0.15) is 0 Å². The van der Waals surface area contributed by atoms with E-state index in [1.54, 1.807) is 6.20 Å². The van der Waals surface area contributed by atoms with Crippen molar-refractivity contribution >= 4 is 0 Å². The monoisotopic (exact) mass is 180 g/mol. The summed E-state index contributed by atoms with van der Waals surface area (Å²) in [4.78, 5) is 4.19. The van der Waals surface area contributed by atoms with Gasteiger partial charge in [-0.3, -0.25) is 4.98 Å². The minimum Gasteiger partial charge on any atom is -0.392 e. The third-order valence-electron chi connectivity index (χ3n) is 2.09. The van der Waals surface area contributed by atoms with Crippen molar-refractivity contribution < 1.29 is 5.11 Å². The molecule has 1 atom stereocenters. The minimum atomic E-state index is -0.0206. The first-order chi connectivity index (χ1) is 6.15. The molecule has 1 rings (SSSR count). The van der Waals surface area contributed by atoms with Crippen molar-refractivity contribution in [2.75, 3.05) is 0 Å². The maximum Gasteiger partial charge on any atom is 0.0696 e. The molecule has 0 radical (unpaired) electrons. The lowest BCUT2D eigenvalue weighted by atomic mass is 10.0.